The van der Waals surface area contributed by atoms with E-state index in [1.807, 2.05) is 31.2 Å². The van der Waals surface area contributed by atoms with E-state index in [2.05, 4.69) is 4.99 Å². The second-order valence-electron chi connectivity index (χ2n) is 4.06. The summed E-state index contributed by atoms with van der Waals surface area (Å²) in [5, 5.41) is 0. The van der Waals surface area contributed by atoms with Crippen molar-refractivity contribution in [3.05, 3.63) is 41.5 Å². The normalized spacial score (nSPS) is 15.8. The lowest BCUT2D eigenvalue weighted by Crippen LogP contribution is -2.19. The van der Waals surface area contributed by atoms with Gasteiger partial charge in [-0.2, -0.15) is 13.2 Å². The van der Waals surface area contributed by atoms with Crippen molar-refractivity contribution in [2.24, 2.45) is 4.99 Å². The molecule has 0 fully saturated rings. The van der Waals surface area contributed by atoms with E-state index in [4.69, 9.17) is 4.74 Å². The van der Waals surface area contributed by atoms with Crippen molar-refractivity contribution in [1.82, 2.24) is 0 Å². The summed E-state index contributed by atoms with van der Waals surface area (Å²) in [5.41, 5.74) is 2.41. The van der Waals surface area contributed by atoms with Gasteiger partial charge in [0.15, 0.2) is 5.90 Å². The Morgan fingerprint density at radius 2 is 1.89 bits per heavy atom. The molecule has 0 atom stereocenters. The van der Waals surface area contributed by atoms with E-state index >= 15 is 0 Å². The van der Waals surface area contributed by atoms with Crippen molar-refractivity contribution < 1.29 is 17.9 Å². The molecule has 18 heavy (non-hydrogen) atoms. The molecule has 0 bridgehead atoms. The molecule has 0 amide bonds. The molecule has 96 valence electrons. The van der Waals surface area contributed by atoms with Crippen molar-refractivity contribution in [3.63, 3.8) is 0 Å². The fraction of sp³-hybridized carbons (Fsp3) is 0.308. The average Bonchev–Trinajstić information content (AvgIpc) is 2.28. The first-order valence-electron chi connectivity index (χ1n) is 5.48. The number of alkyl halides is 3. The lowest BCUT2D eigenvalue weighted by molar-refractivity contribution is -0.124. The van der Waals surface area contributed by atoms with E-state index in [0.29, 0.717) is 5.70 Å². The number of nitrogens with zero attached hydrogens (tertiary/aromatic N) is 1. The maximum atomic E-state index is 12.2. The number of aryl methyl sites for hydroxylation is 1. The zero-order valence-corrected chi connectivity index (χ0v) is 9.79. The molecule has 0 saturated carbocycles. The van der Waals surface area contributed by atoms with Crippen LogP contribution in [0.4, 0.5) is 13.2 Å². The van der Waals surface area contributed by atoms with Gasteiger partial charge in [0.2, 0.25) is 0 Å². The second-order valence-corrected chi connectivity index (χ2v) is 4.06. The number of hydrogen-bond donors (Lipinski definition) is 0. The standard InChI is InChI=1S/C13H12F3NO/c1-9-2-4-10(5-3-9)11-6-7-18-12(17-11)8-13(14,15)16/h2-6H,7-8H2,1H3. The van der Waals surface area contributed by atoms with Gasteiger partial charge in [0, 0.05) is 5.56 Å². The van der Waals surface area contributed by atoms with Gasteiger partial charge in [-0.05, 0) is 13.0 Å². The number of hydrogen-bond acceptors (Lipinski definition) is 2. The highest BCUT2D eigenvalue weighted by Crippen LogP contribution is 2.25. The van der Waals surface area contributed by atoms with Crippen LogP contribution in [0.3, 0.4) is 0 Å². The first kappa shape index (κ1) is 12.7. The highest BCUT2D eigenvalue weighted by atomic mass is 19.4. The van der Waals surface area contributed by atoms with Crippen molar-refractivity contribution in [2.75, 3.05) is 6.61 Å². The summed E-state index contributed by atoms with van der Waals surface area (Å²) in [4.78, 5) is 3.90. The van der Waals surface area contributed by atoms with E-state index in [9.17, 15) is 13.2 Å². The van der Waals surface area contributed by atoms with Crippen LogP contribution in [-0.4, -0.2) is 18.7 Å². The topological polar surface area (TPSA) is 21.6 Å². The SMILES string of the molecule is Cc1ccc(C2=CCOC(CC(F)(F)F)=N2)cc1. The van der Waals surface area contributed by atoms with Crippen LogP contribution in [0.2, 0.25) is 0 Å². The van der Waals surface area contributed by atoms with Crippen LogP contribution in [0.5, 0.6) is 0 Å². The Kier molecular flexibility index (Phi) is 3.41. The van der Waals surface area contributed by atoms with Crippen LogP contribution in [0.25, 0.3) is 5.70 Å². The molecule has 0 unspecified atom stereocenters. The third-order valence-electron chi connectivity index (χ3n) is 2.47. The molecular weight excluding hydrogens is 243 g/mol. The fourth-order valence-corrected chi connectivity index (χ4v) is 1.60. The van der Waals surface area contributed by atoms with Gasteiger partial charge in [0.25, 0.3) is 0 Å². The van der Waals surface area contributed by atoms with Gasteiger partial charge in [0.1, 0.15) is 13.0 Å². The van der Waals surface area contributed by atoms with Crippen molar-refractivity contribution in [2.45, 2.75) is 19.5 Å². The lowest BCUT2D eigenvalue weighted by atomic mass is 10.1. The van der Waals surface area contributed by atoms with Crippen LogP contribution in [0.1, 0.15) is 17.5 Å². The molecule has 0 radical (unpaired) electrons. The van der Waals surface area contributed by atoms with Gasteiger partial charge < -0.3 is 4.74 Å². The minimum Gasteiger partial charge on any atom is -0.476 e. The van der Waals surface area contributed by atoms with Gasteiger partial charge in [0.05, 0.1) is 5.70 Å². The van der Waals surface area contributed by atoms with E-state index in [1.165, 1.54) is 0 Å². The maximum absolute atomic E-state index is 12.2. The number of halogens is 3. The van der Waals surface area contributed by atoms with Gasteiger partial charge >= 0.3 is 6.18 Å². The Bertz CT molecular complexity index is 486. The highest BCUT2D eigenvalue weighted by molar-refractivity contribution is 5.85. The van der Waals surface area contributed by atoms with Crippen molar-refractivity contribution >= 4 is 11.6 Å². The number of benzene rings is 1. The van der Waals surface area contributed by atoms with E-state index in [1.54, 1.807) is 6.08 Å². The van der Waals surface area contributed by atoms with Gasteiger partial charge in [-0.3, -0.25) is 0 Å². The molecule has 0 spiro atoms. The van der Waals surface area contributed by atoms with E-state index in [0.717, 1.165) is 11.1 Å². The molecule has 5 heteroatoms. The fourth-order valence-electron chi connectivity index (χ4n) is 1.60. The molecule has 0 aliphatic carbocycles. The predicted octanol–water partition coefficient (Wildman–Crippen LogP) is 3.72. The minimum absolute atomic E-state index is 0.123. The molecule has 2 nitrogen and oxygen atoms in total. The molecule has 1 aliphatic heterocycles. The first-order chi connectivity index (χ1) is 8.44. The summed E-state index contributed by atoms with van der Waals surface area (Å²) in [6.45, 7) is 2.07. The summed E-state index contributed by atoms with van der Waals surface area (Å²) in [6.07, 6.45) is -3.75. The molecule has 0 saturated heterocycles. The zero-order chi connectivity index (χ0) is 13.2. The second kappa shape index (κ2) is 4.84. The molecule has 1 aliphatic rings. The average molecular weight is 255 g/mol. The Morgan fingerprint density at radius 3 is 2.50 bits per heavy atom. The summed E-state index contributed by atoms with van der Waals surface area (Å²) >= 11 is 0. The number of rotatable bonds is 2. The third-order valence-corrected chi connectivity index (χ3v) is 2.47. The zero-order valence-electron chi connectivity index (χ0n) is 9.79. The van der Waals surface area contributed by atoms with E-state index < -0.39 is 12.6 Å². The highest BCUT2D eigenvalue weighted by Gasteiger charge is 2.31. The predicted molar refractivity (Wildman–Crippen MR) is 63.2 cm³/mol. The largest absolute Gasteiger partial charge is 0.476 e. The number of aliphatic imine (C=N–C) groups is 1. The minimum atomic E-state index is -4.30. The summed E-state index contributed by atoms with van der Waals surface area (Å²) in [6, 6.07) is 7.46. The van der Waals surface area contributed by atoms with Gasteiger partial charge in [-0.25, -0.2) is 4.99 Å². The van der Waals surface area contributed by atoms with Crippen LogP contribution < -0.4 is 0 Å². The molecule has 1 aromatic carbocycles. The Balaban J connectivity index is 2.19. The quantitative estimate of drug-likeness (QED) is 0.789. The van der Waals surface area contributed by atoms with Gasteiger partial charge in [-0.1, -0.05) is 29.8 Å². The number of ether oxygens (including phenoxy) is 1. The Morgan fingerprint density at radius 1 is 1.22 bits per heavy atom. The Hall–Kier alpha value is -1.78. The molecule has 1 aromatic rings. The first-order valence-corrected chi connectivity index (χ1v) is 5.48. The molecule has 1 heterocycles. The van der Waals surface area contributed by atoms with Crippen molar-refractivity contribution in [3.8, 4) is 0 Å². The van der Waals surface area contributed by atoms with Crippen LogP contribution in [0.15, 0.2) is 35.3 Å². The van der Waals surface area contributed by atoms with Crippen LogP contribution in [0, 0.1) is 6.92 Å². The van der Waals surface area contributed by atoms with Crippen molar-refractivity contribution in [1.29, 1.82) is 0 Å². The smallest absolute Gasteiger partial charge is 0.397 e. The summed E-state index contributed by atoms with van der Waals surface area (Å²) < 4.78 is 41.6. The Labute approximate surface area is 103 Å². The maximum Gasteiger partial charge on any atom is 0.397 e. The molecular formula is C13H12F3NO. The summed E-state index contributed by atoms with van der Waals surface area (Å²) in [5.74, 6) is -0.277. The lowest BCUT2D eigenvalue weighted by Gasteiger charge is -2.15. The monoisotopic (exact) mass is 255 g/mol. The van der Waals surface area contributed by atoms with Crippen LogP contribution >= 0.6 is 0 Å². The summed E-state index contributed by atoms with van der Waals surface area (Å²) in [7, 11) is 0. The van der Waals surface area contributed by atoms with E-state index in [-0.39, 0.29) is 12.5 Å². The molecule has 2 rings (SSSR count). The van der Waals surface area contributed by atoms with Gasteiger partial charge in [-0.15, -0.1) is 0 Å². The molecule has 0 N–H and O–H groups in total. The molecule has 0 aromatic heterocycles. The van der Waals surface area contributed by atoms with Crippen LogP contribution in [-0.2, 0) is 4.74 Å². The third kappa shape index (κ3) is 3.35.